The Balaban J connectivity index is 1.92. The van der Waals surface area contributed by atoms with Crippen LogP contribution in [0.25, 0.3) is 0 Å². The van der Waals surface area contributed by atoms with Crippen LogP contribution < -0.4 is 5.32 Å². The fourth-order valence-electron chi connectivity index (χ4n) is 2.55. The third-order valence-electron chi connectivity index (χ3n) is 3.91. The molecule has 134 valence electrons. The first kappa shape index (κ1) is 18.1. The van der Waals surface area contributed by atoms with E-state index in [-0.39, 0.29) is 24.1 Å². The summed E-state index contributed by atoms with van der Waals surface area (Å²) in [5.74, 6) is -0.734. The molecule has 1 fully saturated rings. The molecule has 0 saturated carbocycles. The maximum Gasteiger partial charge on any atom is 0.233 e. The van der Waals surface area contributed by atoms with Gasteiger partial charge < -0.3 is 5.32 Å². The summed E-state index contributed by atoms with van der Waals surface area (Å²) in [7, 11) is 1.54. The van der Waals surface area contributed by atoms with Gasteiger partial charge in [0.2, 0.25) is 11.8 Å². The Morgan fingerprint density at radius 2 is 1.92 bits per heavy atom. The van der Waals surface area contributed by atoms with Crippen molar-refractivity contribution >= 4 is 34.4 Å². The van der Waals surface area contributed by atoms with Crippen LogP contribution in [-0.2, 0) is 16.1 Å². The van der Waals surface area contributed by atoms with Crippen LogP contribution in [0.1, 0.15) is 12.0 Å². The van der Waals surface area contributed by atoms with E-state index in [2.05, 4.69) is 10.3 Å². The molecule has 1 unspecified atom stereocenters. The van der Waals surface area contributed by atoms with Gasteiger partial charge in [0.05, 0.1) is 17.5 Å². The largest absolute Gasteiger partial charge is 0.358 e. The number of hydrogen-bond donors (Lipinski definition) is 1. The van der Waals surface area contributed by atoms with Crippen molar-refractivity contribution in [3.63, 3.8) is 0 Å². The van der Waals surface area contributed by atoms with Crippen LogP contribution in [0.3, 0.4) is 0 Å². The number of carbonyl (C=O) groups excluding carboxylic acids is 2. The topological polar surface area (TPSA) is 61.8 Å². The average molecular weight is 371 g/mol. The summed E-state index contributed by atoms with van der Waals surface area (Å²) in [6.45, 7) is 0.368. The molecule has 1 aliphatic rings. The highest BCUT2D eigenvalue weighted by Crippen LogP contribution is 2.30. The maximum absolute atomic E-state index is 13.1. The lowest BCUT2D eigenvalue weighted by Gasteiger charge is -2.31. The average Bonchev–Trinajstić information content (AvgIpc) is 2.66. The van der Waals surface area contributed by atoms with Gasteiger partial charge in [0.25, 0.3) is 0 Å². The molecule has 0 radical (unpaired) electrons. The lowest BCUT2D eigenvalue weighted by Crippen LogP contribution is -2.45. The molecule has 0 bridgehead atoms. The minimum absolute atomic E-state index is 0.111. The molecular formula is C19H18FN3O2S. The van der Waals surface area contributed by atoms with E-state index in [0.717, 1.165) is 5.56 Å². The molecule has 2 aromatic carbocycles. The molecule has 7 heteroatoms. The predicted octanol–water partition coefficient (Wildman–Crippen LogP) is 3.09. The van der Waals surface area contributed by atoms with Crippen LogP contribution in [0.15, 0.2) is 59.6 Å². The molecule has 1 saturated heterocycles. The number of nitrogens with one attached hydrogen (secondary N) is 1. The second kappa shape index (κ2) is 8.14. The van der Waals surface area contributed by atoms with E-state index in [9.17, 15) is 14.0 Å². The zero-order valence-electron chi connectivity index (χ0n) is 14.2. The molecule has 0 aliphatic carbocycles. The van der Waals surface area contributed by atoms with E-state index in [1.54, 1.807) is 11.9 Å². The van der Waals surface area contributed by atoms with Gasteiger partial charge in [-0.05, 0) is 29.8 Å². The fraction of sp³-hybridized carbons (Fsp3) is 0.211. The second-order valence-electron chi connectivity index (χ2n) is 5.76. The van der Waals surface area contributed by atoms with Gasteiger partial charge in [0.15, 0.2) is 5.17 Å². The number of hydrogen-bond acceptors (Lipinski definition) is 4. The Morgan fingerprint density at radius 1 is 1.23 bits per heavy atom. The van der Waals surface area contributed by atoms with E-state index in [1.165, 1.54) is 36.0 Å². The smallest absolute Gasteiger partial charge is 0.233 e. The SMILES string of the molecule is CNC(=O)C1CC(=O)N(Cc2ccccc2)C(=Nc2ccc(F)cc2)S1. The number of nitrogens with zero attached hydrogens (tertiary/aromatic N) is 2. The van der Waals surface area contributed by atoms with Gasteiger partial charge in [-0.25, -0.2) is 9.38 Å². The molecule has 5 nitrogen and oxygen atoms in total. The summed E-state index contributed by atoms with van der Waals surface area (Å²) >= 11 is 1.24. The summed E-state index contributed by atoms with van der Waals surface area (Å²) in [5.41, 5.74) is 1.49. The quantitative estimate of drug-likeness (QED) is 0.898. The van der Waals surface area contributed by atoms with Crippen LogP contribution in [0.5, 0.6) is 0 Å². The minimum Gasteiger partial charge on any atom is -0.358 e. The Kier molecular flexibility index (Phi) is 5.68. The molecular weight excluding hydrogens is 353 g/mol. The summed E-state index contributed by atoms with van der Waals surface area (Å²) in [4.78, 5) is 30.8. The van der Waals surface area contributed by atoms with Crippen LogP contribution in [-0.4, -0.2) is 34.2 Å². The van der Waals surface area contributed by atoms with Gasteiger partial charge in [-0.15, -0.1) is 0 Å². The van der Waals surface area contributed by atoms with Gasteiger partial charge in [0, 0.05) is 13.5 Å². The van der Waals surface area contributed by atoms with Gasteiger partial charge in [-0.1, -0.05) is 42.1 Å². The Hall–Kier alpha value is -2.67. The predicted molar refractivity (Wildman–Crippen MR) is 101 cm³/mol. The molecule has 1 heterocycles. The van der Waals surface area contributed by atoms with Crippen molar-refractivity contribution in [1.82, 2.24) is 10.2 Å². The van der Waals surface area contributed by atoms with E-state index in [0.29, 0.717) is 17.4 Å². The summed E-state index contributed by atoms with van der Waals surface area (Å²) in [6, 6.07) is 15.3. The van der Waals surface area contributed by atoms with E-state index in [4.69, 9.17) is 0 Å². The zero-order chi connectivity index (χ0) is 18.5. The molecule has 2 aromatic rings. The minimum atomic E-state index is -0.529. The van der Waals surface area contributed by atoms with Crippen LogP contribution in [0.4, 0.5) is 10.1 Å². The molecule has 1 N–H and O–H groups in total. The normalized spacial score (nSPS) is 18.8. The number of rotatable bonds is 4. The van der Waals surface area contributed by atoms with Crippen LogP contribution >= 0.6 is 11.8 Å². The zero-order valence-corrected chi connectivity index (χ0v) is 15.0. The Labute approximate surface area is 155 Å². The lowest BCUT2D eigenvalue weighted by molar-refractivity contribution is -0.130. The molecule has 3 rings (SSSR count). The Morgan fingerprint density at radius 3 is 2.58 bits per heavy atom. The number of halogens is 1. The number of thioether (sulfide) groups is 1. The molecule has 26 heavy (non-hydrogen) atoms. The van der Waals surface area contributed by atoms with Gasteiger partial charge in [0.1, 0.15) is 5.82 Å². The lowest BCUT2D eigenvalue weighted by atomic mass is 10.2. The number of benzene rings is 2. The van der Waals surface area contributed by atoms with Gasteiger partial charge >= 0.3 is 0 Å². The fourth-order valence-corrected chi connectivity index (χ4v) is 3.71. The van der Waals surface area contributed by atoms with Crippen LogP contribution in [0.2, 0.25) is 0 Å². The van der Waals surface area contributed by atoms with E-state index >= 15 is 0 Å². The highest BCUT2D eigenvalue weighted by molar-refractivity contribution is 8.15. The first-order chi connectivity index (χ1) is 12.6. The monoisotopic (exact) mass is 371 g/mol. The van der Waals surface area contributed by atoms with Gasteiger partial charge in [-0.2, -0.15) is 0 Å². The number of aliphatic imine (C=N–C) groups is 1. The highest BCUT2D eigenvalue weighted by Gasteiger charge is 2.35. The summed E-state index contributed by atoms with van der Waals surface area (Å²) in [6.07, 6.45) is 0.111. The van der Waals surface area contributed by atoms with E-state index < -0.39 is 5.25 Å². The van der Waals surface area contributed by atoms with Crippen molar-refractivity contribution in [2.24, 2.45) is 4.99 Å². The molecule has 2 amide bonds. The number of carbonyl (C=O) groups is 2. The molecule has 0 aromatic heterocycles. The molecule has 0 spiro atoms. The van der Waals surface area contributed by atoms with Crippen LogP contribution in [0, 0.1) is 5.82 Å². The summed E-state index contributed by atoms with van der Waals surface area (Å²) < 4.78 is 13.1. The number of amides is 2. The third-order valence-corrected chi connectivity index (χ3v) is 5.10. The summed E-state index contributed by atoms with van der Waals surface area (Å²) in [5, 5.41) is 2.48. The van der Waals surface area contributed by atoms with Crippen molar-refractivity contribution in [2.75, 3.05) is 7.05 Å². The molecule has 1 atom stereocenters. The highest BCUT2D eigenvalue weighted by atomic mass is 32.2. The second-order valence-corrected chi connectivity index (χ2v) is 6.93. The first-order valence-corrected chi connectivity index (χ1v) is 9.01. The van der Waals surface area contributed by atoms with Crippen molar-refractivity contribution < 1.29 is 14.0 Å². The van der Waals surface area contributed by atoms with Gasteiger partial charge in [-0.3, -0.25) is 14.5 Å². The van der Waals surface area contributed by atoms with Crippen molar-refractivity contribution in [2.45, 2.75) is 18.2 Å². The third kappa shape index (κ3) is 4.29. The maximum atomic E-state index is 13.1. The van der Waals surface area contributed by atoms with Crippen molar-refractivity contribution in [3.8, 4) is 0 Å². The standard InChI is InChI=1S/C19H18FN3O2S/c1-21-18(25)16-11-17(24)23(12-13-5-3-2-4-6-13)19(26-16)22-15-9-7-14(20)8-10-15/h2-10,16H,11-12H2,1H3,(H,21,25). The number of amidine groups is 1. The van der Waals surface area contributed by atoms with Crippen molar-refractivity contribution in [1.29, 1.82) is 0 Å². The van der Waals surface area contributed by atoms with Crippen molar-refractivity contribution in [3.05, 3.63) is 66.0 Å². The Bertz CT molecular complexity index is 824. The first-order valence-electron chi connectivity index (χ1n) is 8.13. The van der Waals surface area contributed by atoms with E-state index in [1.807, 2.05) is 30.3 Å². The molecule has 1 aliphatic heterocycles.